The van der Waals surface area contributed by atoms with E-state index in [1.54, 1.807) is 0 Å². The Hall–Kier alpha value is -0.220. The summed E-state index contributed by atoms with van der Waals surface area (Å²) in [7, 11) is 0. The second-order valence-electron chi connectivity index (χ2n) is 2.96. The van der Waals surface area contributed by atoms with Crippen molar-refractivity contribution >= 4 is 0 Å². The van der Waals surface area contributed by atoms with Gasteiger partial charge >= 0.3 is 0 Å². The van der Waals surface area contributed by atoms with Gasteiger partial charge in [0.15, 0.2) is 0 Å². The highest BCUT2D eigenvalue weighted by Crippen LogP contribution is 2.14. The lowest BCUT2D eigenvalue weighted by molar-refractivity contribution is -0.123. The number of halogens is 2. The van der Waals surface area contributed by atoms with Gasteiger partial charge in [0.1, 0.15) is 13.2 Å². The fourth-order valence-electron chi connectivity index (χ4n) is 0.773. The molecule has 4 heteroatoms. The van der Waals surface area contributed by atoms with Crippen molar-refractivity contribution in [3.05, 3.63) is 0 Å². The minimum absolute atomic E-state index is 0.378. The molecular weight excluding hydrogens is 178 g/mol. The van der Waals surface area contributed by atoms with Gasteiger partial charge in [-0.2, -0.15) is 0 Å². The predicted octanol–water partition coefficient (Wildman–Crippen LogP) is 2.47. The van der Waals surface area contributed by atoms with Crippen molar-refractivity contribution in [1.82, 2.24) is 0 Å². The molecule has 0 aromatic heterocycles. The maximum atomic E-state index is 12.8. The third-order valence-electron chi connectivity index (χ3n) is 1.32. The maximum absolute atomic E-state index is 12.8. The molecule has 0 aliphatic heterocycles. The lowest BCUT2D eigenvalue weighted by atomic mass is 10.4. The van der Waals surface area contributed by atoms with Crippen LogP contribution in [0.4, 0.5) is 8.78 Å². The molecule has 0 saturated heterocycles. The van der Waals surface area contributed by atoms with Crippen molar-refractivity contribution < 1.29 is 18.3 Å². The molecular formula is C9H18F2O2. The minimum Gasteiger partial charge on any atom is -0.375 e. The Labute approximate surface area is 78.2 Å². The summed E-state index contributed by atoms with van der Waals surface area (Å²) < 4.78 is 35.1. The van der Waals surface area contributed by atoms with Gasteiger partial charge in [0, 0.05) is 13.2 Å². The summed E-state index contributed by atoms with van der Waals surface area (Å²) >= 11 is 0. The number of hydrogen-bond donors (Lipinski definition) is 0. The van der Waals surface area contributed by atoms with Crippen molar-refractivity contribution in [1.29, 1.82) is 0 Å². The van der Waals surface area contributed by atoms with Gasteiger partial charge in [-0.25, -0.2) is 8.78 Å². The second-order valence-corrected chi connectivity index (χ2v) is 2.96. The van der Waals surface area contributed by atoms with E-state index in [2.05, 4.69) is 0 Å². The van der Waals surface area contributed by atoms with Crippen LogP contribution in [0.15, 0.2) is 0 Å². The van der Waals surface area contributed by atoms with Gasteiger partial charge in [0.2, 0.25) is 0 Å². The first-order valence-corrected chi connectivity index (χ1v) is 4.65. The van der Waals surface area contributed by atoms with E-state index < -0.39 is 19.1 Å². The number of ether oxygens (including phenoxy) is 2. The molecule has 0 N–H and O–H groups in total. The monoisotopic (exact) mass is 196 g/mol. The maximum Gasteiger partial charge on any atom is 0.293 e. The van der Waals surface area contributed by atoms with Crippen molar-refractivity contribution in [2.75, 3.05) is 26.4 Å². The fraction of sp³-hybridized carbons (Fsp3) is 1.00. The molecule has 0 heterocycles. The molecule has 0 amide bonds. The Morgan fingerprint density at radius 2 is 1.31 bits per heavy atom. The molecule has 0 aromatic rings. The second kappa shape index (κ2) is 7.21. The molecule has 0 radical (unpaired) electrons. The molecule has 0 atom stereocenters. The van der Waals surface area contributed by atoms with E-state index in [1.165, 1.54) is 0 Å². The Morgan fingerprint density at radius 3 is 1.62 bits per heavy atom. The summed E-state index contributed by atoms with van der Waals surface area (Å²) in [5.41, 5.74) is 0. The molecule has 0 aromatic carbocycles. The first kappa shape index (κ1) is 12.8. The van der Waals surface area contributed by atoms with Gasteiger partial charge < -0.3 is 9.47 Å². The Balaban J connectivity index is 3.42. The molecule has 0 saturated carbocycles. The smallest absolute Gasteiger partial charge is 0.293 e. The van der Waals surface area contributed by atoms with Gasteiger partial charge in [-0.15, -0.1) is 0 Å². The Morgan fingerprint density at radius 1 is 0.923 bits per heavy atom. The zero-order chi connectivity index (χ0) is 10.2. The lowest BCUT2D eigenvalue weighted by Crippen LogP contribution is -2.30. The summed E-state index contributed by atoms with van der Waals surface area (Å²) in [4.78, 5) is 0. The highest BCUT2D eigenvalue weighted by Gasteiger charge is 2.29. The van der Waals surface area contributed by atoms with E-state index in [-0.39, 0.29) is 0 Å². The normalized spacial score (nSPS) is 12.0. The third kappa shape index (κ3) is 8.12. The van der Waals surface area contributed by atoms with E-state index in [1.807, 2.05) is 13.8 Å². The van der Waals surface area contributed by atoms with Crippen LogP contribution in [0.3, 0.4) is 0 Å². The van der Waals surface area contributed by atoms with Crippen LogP contribution in [-0.2, 0) is 9.47 Å². The quantitative estimate of drug-likeness (QED) is 0.555. The molecule has 0 bridgehead atoms. The van der Waals surface area contributed by atoms with Gasteiger partial charge in [0.25, 0.3) is 5.92 Å². The van der Waals surface area contributed by atoms with Crippen molar-refractivity contribution in [3.63, 3.8) is 0 Å². The summed E-state index contributed by atoms with van der Waals surface area (Å²) in [5.74, 6) is -2.84. The molecule has 0 rings (SSSR count). The topological polar surface area (TPSA) is 18.5 Å². The third-order valence-corrected chi connectivity index (χ3v) is 1.32. The van der Waals surface area contributed by atoms with Crippen molar-refractivity contribution in [2.45, 2.75) is 32.6 Å². The van der Waals surface area contributed by atoms with E-state index >= 15 is 0 Å². The van der Waals surface area contributed by atoms with Crippen LogP contribution in [-0.4, -0.2) is 32.4 Å². The largest absolute Gasteiger partial charge is 0.375 e. The fourth-order valence-corrected chi connectivity index (χ4v) is 0.773. The molecule has 0 fully saturated rings. The highest BCUT2D eigenvalue weighted by molar-refractivity contribution is 4.63. The summed E-state index contributed by atoms with van der Waals surface area (Å²) in [6.45, 7) is 3.44. The first-order chi connectivity index (χ1) is 6.12. The molecule has 0 spiro atoms. The molecule has 0 aliphatic rings. The average Bonchev–Trinajstić information content (AvgIpc) is 2.05. The van der Waals surface area contributed by atoms with Crippen LogP contribution in [0.2, 0.25) is 0 Å². The SMILES string of the molecule is CCCOCC(F)(F)COCCC. The number of alkyl halides is 2. The predicted molar refractivity (Wildman–Crippen MR) is 47.2 cm³/mol. The number of rotatable bonds is 8. The highest BCUT2D eigenvalue weighted by atomic mass is 19.3. The van der Waals surface area contributed by atoms with Crippen LogP contribution >= 0.6 is 0 Å². The first-order valence-electron chi connectivity index (χ1n) is 4.65. The van der Waals surface area contributed by atoms with E-state index in [0.29, 0.717) is 13.2 Å². The zero-order valence-corrected chi connectivity index (χ0v) is 8.32. The summed E-state index contributed by atoms with van der Waals surface area (Å²) in [6, 6.07) is 0. The van der Waals surface area contributed by atoms with Gasteiger partial charge in [-0.1, -0.05) is 13.8 Å². The lowest BCUT2D eigenvalue weighted by Gasteiger charge is -2.15. The molecule has 0 aliphatic carbocycles. The van der Waals surface area contributed by atoms with Crippen LogP contribution in [0.25, 0.3) is 0 Å². The van der Waals surface area contributed by atoms with Crippen LogP contribution in [0.5, 0.6) is 0 Å². The number of hydrogen-bond acceptors (Lipinski definition) is 2. The van der Waals surface area contributed by atoms with E-state index in [4.69, 9.17) is 9.47 Å². The van der Waals surface area contributed by atoms with Gasteiger partial charge in [-0.3, -0.25) is 0 Å². The average molecular weight is 196 g/mol. The van der Waals surface area contributed by atoms with Crippen LogP contribution in [0.1, 0.15) is 26.7 Å². The van der Waals surface area contributed by atoms with Crippen LogP contribution in [0, 0.1) is 0 Å². The standard InChI is InChI=1S/C9H18F2O2/c1-3-5-12-7-9(10,11)8-13-6-4-2/h3-8H2,1-2H3. The van der Waals surface area contributed by atoms with Gasteiger partial charge in [-0.05, 0) is 12.8 Å². The molecule has 0 unspecified atom stereocenters. The summed E-state index contributed by atoms with van der Waals surface area (Å²) in [6.07, 6.45) is 1.51. The van der Waals surface area contributed by atoms with E-state index in [0.717, 1.165) is 12.8 Å². The van der Waals surface area contributed by atoms with Crippen molar-refractivity contribution in [2.24, 2.45) is 0 Å². The Kier molecular flexibility index (Phi) is 7.09. The summed E-state index contributed by atoms with van der Waals surface area (Å²) in [5, 5.41) is 0. The van der Waals surface area contributed by atoms with E-state index in [9.17, 15) is 8.78 Å². The van der Waals surface area contributed by atoms with Crippen LogP contribution < -0.4 is 0 Å². The molecule has 13 heavy (non-hydrogen) atoms. The van der Waals surface area contributed by atoms with Crippen molar-refractivity contribution in [3.8, 4) is 0 Å². The minimum atomic E-state index is -2.84. The zero-order valence-electron chi connectivity index (χ0n) is 8.32. The van der Waals surface area contributed by atoms with Gasteiger partial charge in [0.05, 0.1) is 0 Å². The molecule has 2 nitrogen and oxygen atoms in total. The Bertz CT molecular complexity index is 106. The molecule has 80 valence electrons.